The van der Waals surface area contributed by atoms with Gasteiger partial charge in [0.05, 0.1) is 22.9 Å². The Kier molecular flexibility index (Phi) is 2.71. The van der Waals surface area contributed by atoms with E-state index < -0.39 is 17.4 Å². The standard InChI is InChI=1S/C8H4BrF3N2/c9-6-2-4(3-13)1-5(7(6)14)8(10,11)12/h1-2H,14H2. The van der Waals surface area contributed by atoms with Crippen LogP contribution in [-0.4, -0.2) is 0 Å². The number of nitriles is 1. The highest BCUT2D eigenvalue weighted by atomic mass is 79.9. The Balaban J connectivity index is 3.44. The molecule has 0 saturated heterocycles. The van der Waals surface area contributed by atoms with Crippen LogP contribution in [0, 0.1) is 11.3 Å². The molecular formula is C8H4BrF3N2. The largest absolute Gasteiger partial charge is 0.418 e. The SMILES string of the molecule is N#Cc1cc(Br)c(N)c(C(F)(F)F)c1. The van der Waals surface area contributed by atoms with E-state index in [1.807, 2.05) is 0 Å². The summed E-state index contributed by atoms with van der Waals surface area (Å²) in [6.07, 6.45) is -4.54. The molecule has 0 aromatic heterocycles. The Morgan fingerprint density at radius 2 is 1.93 bits per heavy atom. The zero-order valence-corrected chi connectivity index (χ0v) is 8.28. The molecule has 0 heterocycles. The topological polar surface area (TPSA) is 49.8 Å². The van der Waals surface area contributed by atoms with Crippen LogP contribution in [-0.2, 0) is 6.18 Å². The molecule has 0 unspecified atom stereocenters. The number of nitrogens with zero attached hydrogens (tertiary/aromatic N) is 1. The molecule has 14 heavy (non-hydrogen) atoms. The Hall–Kier alpha value is -1.22. The third-order valence-corrected chi connectivity index (χ3v) is 2.22. The third-order valence-electron chi connectivity index (χ3n) is 1.56. The highest BCUT2D eigenvalue weighted by molar-refractivity contribution is 9.10. The van der Waals surface area contributed by atoms with Crippen LogP contribution in [0.2, 0.25) is 0 Å². The number of alkyl halides is 3. The lowest BCUT2D eigenvalue weighted by atomic mass is 10.1. The fourth-order valence-electron chi connectivity index (χ4n) is 0.917. The van der Waals surface area contributed by atoms with Crippen molar-refractivity contribution in [2.45, 2.75) is 6.18 Å². The number of nitrogen functional groups attached to an aromatic ring is 1. The fraction of sp³-hybridized carbons (Fsp3) is 0.125. The van der Waals surface area contributed by atoms with Gasteiger partial charge in [0.2, 0.25) is 0 Å². The predicted octanol–water partition coefficient (Wildman–Crippen LogP) is 2.92. The Morgan fingerprint density at radius 3 is 2.36 bits per heavy atom. The van der Waals surface area contributed by atoms with E-state index in [4.69, 9.17) is 11.0 Å². The summed E-state index contributed by atoms with van der Waals surface area (Å²) in [7, 11) is 0. The zero-order valence-electron chi connectivity index (χ0n) is 6.69. The molecule has 74 valence electrons. The summed E-state index contributed by atoms with van der Waals surface area (Å²) in [5.74, 6) is 0. The minimum atomic E-state index is -4.54. The van der Waals surface area contributed by atoms with Gasteiger partial charge in [-0.25, -0.2) is 0 Å². The van der Waals surface area contributed by atoms with Crippen molar-refractivity contribution in [3.63, 3.8) is 0 Å². The van der Waals surface area contributed by atoms with Crippen molar-refractivity contribution < 1.29 is 13.2 Å². The molecule has 1 aromatic carbocycles. The lowest BCUT2D eigenvalue weighted by molar-refractivity contribution is -0.136. The number of hydrogen-bond acceptors (Lipinski definition) is 2. The summed E-state index contributed by atoms with van der Waals surface area (Å²) in [6.45, 7) is 0. The van der Waals surface area contributed by atoms with Gasteiger partial charge >= 0.3 is 6.18 Å². The lowest BCUT2D eigenvalue weighted by Gasteiger charge is -2.11. The Bertz CT molecular complexity index is 406. The first-order valence-electron chi connectivity index (χ1n) is 3.42. The van der Waals surface area contributed by atoms with Crippen molar-refractivity contribution in [3.8, 4) is 6.07 Å². The number of rotatable bonds is 0. The van der Waals surface area contributed by atoms with E-state index in [2.05, 4.69) is 15.9 Å². The van der Waals surface area contributed by atoms with Crippen LogP contribution in [0.25, 0.3) is 0 Å². The van der Waals surface area contributed by atoms with Crippen molar-refractivity contribution in [3.05, 3.63) is 27.7 Å². The maximum atomic E-state index is 12.3. The van der Waals surface area contributed by atoms with Crippen molar-refractivity contribution >= 4 is 21.6 Å². The summed E-state index contributed by atoms with van der Waals surface area (Å²) in [4.78, 5) is 0. The average molecular weight is 265 g/mol. The van der Waals surface area contributed by atoms with E-state index in [-0.39, 0.29) is 10.0 Å². The van der Waals surface area contributed by atoms with Gasteiger partial charge in [0.25, 0.3) is 0 Å². The zero-order chi connectivity index (χ0) is 10.9. The molecule has 0 aliphatic carbocycles. The molecule has 2 nitrogen and oxygen atoms in total. The smallest absolute Gasteiger partial charge is 0.397 e. The van der Waals surface area contributed by atoms with Gasteiger partial charge in [0.1, 0.15) is 0 Å². The monoisotopic (exact) mass is 264 g/mol. The van der Waals surface area contributed by atoms with Gasteiger partial charge in [-0.1, -0.05) is 0 Å². The van der Waals surface area contributed by atoms with E-state index in [9.17, 15) is 13.2 Å². The number of benzene rings is 1. The summed E-state index contributed by atoms with van der Waals surface area (Å²) in [5.41, 5.74) is 3.73. The van der Waals surface area contributed by atoms with E-state index in [1.54, 1.807) is 6.07 Å². The maximum absolute atomic E-state index is 12.3. The first-order valence-corrected chi connectivity index (χ1v) is 4.22. The molecular weight excluding hydrogens is 261 g/mol. The minimum Gasteiger partial charge on any atom is -0.397 e. The van der Waals surface area contributed by atoms with Crippen LogP contribution in [0.15, 0.2) is 16.6 Å². The second-order valence-corrected chi connectivity index (χ2v) is 3.38. The maximum Gasteiger partial charge on any atom is 0.418 e. The van der Waals surface area contributed by atoms with Crippen LogP contribution in [0.4, 0.5) is 18.9 Å². The third kappa shape index (κ3) is 1.99. The van der Waals surface area contributed by atoms with Gasteiger partial charge in [-0.3, -0.25) is 0 Å². The van der Waals surface area contributed by atoms with Gasteiger partial charge in [0.15, 0.2) is 0 Å². The first kappa shape index (κ1) is 10.9. The van der Waals surface area contributed by atoms with Crippen LogP contribution >= 0.6 is 15.9 Å². The highest BCUT2D eigenvalue weighted by Gasteiger charge is 2.34. The molecule has 0 radical (unpaired) electrons. The Labute approximate surface area is 86.3 Å². The average Bonchev–Trinajstić information content (AvgIpc) is 2.07. The van der Waals surface area contributed by atoms with E-state index in [0.717, 1.165) is 6.07 Å². The van der Waals surface area contributed by atoms with Gasteiger partial charge < -0.3 is 5.73 Å². The van der Waals surface area contributed by atoms with Crippen molar-refractivity contribution in [2.75, 3.05) is 5.73 Å². The first-order chi connectivity index (χ1) is 6.36. The molecule has 6 heteroatoms. The molecule has 0 amide bonds. The molecule has 0 atom stereocenters. The fourth-order valence-corrected chi connectivity index (χ4v) is 1.38. The number of hydrogen-bond donors (Lipinski definition) is 1. The predicted molar refractivity (Wildman–Crippen MR) is 48.3 cm³/mol. The van der Waals surface area contributed by atoms with Crippen LogP contribution in [0.1, 0.15) is 11.1 Å². The number of halogens is 4. The van der Waals surface area contributed by atoms with Crippen LogP contribution in [0.3, 0.4) is 0 Å². The highest BCUT2D eigenvalue weighted by Crippen LogP contribution is 2.37. The molecule has 2 N–H and O–H groups in total. The molecule has 0 aliphatic heterocycles. The quantitative estimate of drug-likeness (QED) is 0.733. The second-order valence-electron chi connectivity index (χ2n) is 2.53. The van der Waals surface area contributed by atoms with Crippen LogP contribution < -0.4 is 5.73 Å². The summed E-state index contributed by atoms with van der Waals surface area (Å²) < 4.78 is 37.1. The van der Waals surface area contributed by atoms with E-state index in [1.165, 1.54) is 6.07 Å². The molecule has 0 fully saturated rings. The number of nitrogens with two attached hydrogens (primary N) is 1. The van der Waals surface area contributed by atoms with Gasteiger partial charge in [-0.2, -0.15) is 18.4 Å². The van der Waals surface area contributed by atoms with Gasteiger partial charge in [0, 0.05) is 4.47 Å². The van der Waals surface area contributed by atoms with Gasteiger partial charge in [-0.15, -0.1) is 0 Å². The van der Waals surface area contributed by atoms with Crippen molar-refractivity contribution in [2.24, 2.45) is 0 Å². The molecule has 0 aliphatic rings. The second kappa shape index (κ2) is 3.50. The minimum absolute atomic E-state index is 0.0730. The van der Waals surface area contributed by atoms with Crippen molar-refractivity contribution in [1.82, 2.24) is 0 Å². The van der Waals surface area contributed by atoms with Crippen LogP contribution in [0.5, 0.6) is 0 Å². The summed E-state index contributed by atoms with van der Waals surface area (Å²) in [6, 6.07) is 3.58. The van der Waals surface area contributed by atoms with Gasteiger partial charge in [-0.05, 0) is 28.1 Å². The molecule has 0 bridgehead atoms. The molecule has 1 aromatic rings. The van der Waals surface area contributed by atoms with Crippen molar-refractivity contribution in [1.29, 1.82) is 5.26 Å². The molecule has 0 saturated carbocycles. The lowest BCUT2D eigenvalue weighted by Crippen LogP contribution is -2.09. The van der Waals surface area contributed by atoms with E-state index in [0.29, 0.717) is 0 Å². The number of anilines is 1. The normalized spacial score (nSPS) is 11.1. The van der Waals surface area contributed by atoms with E-state index >= 15 is 0 Å². The molecule has 1 rings (SSSR count). The summed E-state index contributed by atoms with van der Waals surface area (Å²) in [5, 5.41) is 8.46. The summed E-state index contributed by atoms with van der Waals surface area (Å²) >= 11 is 2.85. The Morgan fingerprint density at radius 1 is 1.36 bits per heavy atom. The molecule has 0 spiro atoms.